The Labute approximate surface area is 193 Å². The van der Waals surface area contributed by atoms with Gasteiger partial charge in [-0.3, -0.25) is 9.36 Å². The second-order valence-electron chi connectivity index (χ2n) is 7.41. The molecule has 158 valence electrons. The van der Waals surface area contributed by atoms with E-state index in [-0.39, 0.29) is 5.56 Å². The number of aromatic nitrogens is 2. The molecule has 0 aliphatic heterocycles. The molecule has 0 amide bonds. The van der Waals surface area contributed by atoms with Crippen molar-refractivity contribution in [1.82, 2.24) is 9.55 Å². The maximum absolute atomic E-state index is 13.7. The Bertz CT molecular complexity index is 1270. The molecule has 2 aromatic carbocycles. The molecule has 0 saturated carbocycles. The molecule has 0 bridgehead atoms. The van der Waals surface area contributed by atoms with E-state index in [4.69, 9.17) is 21.3 Å². The Balaban J connectivity index is 1.51. The lowest BCUT2D eigenvalue weighted by Gasteiger charge is -2.14. The number of fused-ring (bicyclic) bond motifs is 3. The molecule has 31 heavy (non-hydrogen) atoms. The number of ether oxygens (including phenoxy) is 1. The Kier molecular flexibility index (Phi) is 6.03. The first-order valence-electron chi connectivity index (χ1n) is 10.3. The SMILES string of the molecule is O=c1c2c3c(sc2nc(SCCOc2ccccc2)n1-c1ccc(Cl)cc1)CCCC3. The van der Waals surface area contributed by atoms with Crippen molar-refractivity contribution in [3.05, 3.63) is 80.4 Å². The smallest absolute Gasteiger partial charge is 0.267 e. The van der Waals surface area contributed by atoms with Gasteiger partial charge in [0.2, 0.25) is 0 Å². The van der Waals surface area contributed by atoms with Gasteiger partial charge < -0.3 is 4.74 Å². The number of hydrogen-bond donors (Lipinski definition) is 0. The quantitative estimate of drug-likeness (QED) is 0.193. The third-order valence-electron chi connectivity index (χ3n) is 5.37. The number of nitrogens with zero attached hydrogens (tertiary/aromatic N) is 2. The summed E-state index contributed by atoms with van der Waals surface area (Å²) in [5, 5.41) is 2.12. The average Bonchev–Trinajstić information content (AvgIpc) is 3.17. The summed E-state index contributed by atoms with van der Waals surface area (Å²) in [6.45, 7) is 0.532. The summed E-state index contributed by atoms with van der Waals surface area (Å²) >= 11 is 9.31. The van der Waals surface area contributed by atoms with Gasteiger partial charge in [-0.1, -0.05) is 41.6 Å². The minimum atomic E-state index is 0.0122. The molecule has 0 radical (unpaired) electrons. The largest absolute Gasteiger partial charge is 0.493 e. The molecule has 5 rings (SSSR count). The first-order valence-corrected chi connectivity index (χ1v) is 12.5. The van der Waals surface area contributed by atoms with Crippen molar-refractivity contribution in [3.63, 3.8) is 0 Å². The molecule has 0 spiro atoms. The van der Waals surface area contributed by atoms with Gasteiger partial charge in [0.05, 0.1) is 17.7 Å². The van der Waals surface area contributed by atoms with E-state index in [1.807, 2.05) is 54.6 Å². The van der Waals surface area contributed by atoms with E-state index in [1.54, 1.807) is 27.7 Å². The van der Waals surface area contributed by atoms with Crippen molar-refractivity contribution in [1.29, 1.82) is 0 Å². The average molecular weight is 469 g/mol. The summed E-state index contributed by atoms with van der Waals surface area (Å²) in [5.74, 6) is 1.53. The van der Waals surface area contributed by atoms with E-state index in [2.05, 4.69) is 0 Å². The lowest BCUT2D eigenvalue weighted by molar-refractivity contribution is 0.344. The summed E-state index contributed by atoms with van der Waals surface area (Å²) in [6.07, 6.45) is 4.32. The summed E-state index contributed by atoms with van der Waals surface area (Å²) in [4.78, 5) is 20.8. The molecular formula is C24H21ClN2O2S2. The van der Waals surface area contributed by atoms with Crippen LogP contribution >= 0.6 is 34.7 Å². The third-order valence-corrected chi connectivity index (χ3v) is 7.71. The fourth-order valence-electron chi connectivity index (χ4n) is 3.91. The number of aryl methyl sites for hydroxylation is 2. The van der Waals surface area contributed by atoms with Crippen LogP contribution in [-0.4, -0.2) is 21.9 Å². The number of thiophene rings is 1. The van der Waals surface area contributed by atoms with E-state index >= 15 is 0 Å². The maximum atomic E-state index is 13.7. The van der Waals surface area contributed by atoms with Crippen LogP contribution in [0.2, 0.25) is 5.02 Å². The molecule has 4 aromatic rings. The fraction of sp³-hybridized carbons (Fsp3) is 0.250. The molecule has 0 N–H and O–H groups in total. The maximum Gasteiger partial charge on any atom is 0.267 e. The van der Waals surface area contributed by atoms with Crippen LogP contribution in [-0.2, 0) is 12.8 Å². The zero-order chi connectivity index (χ0) is 21.2. The molecule has 0 fully saturated rings. The van der Waals surface area contributed by atoms with E-state index in [0.717, 1.165) is 40.9 Å². The fourth-order valence-corrected chi connectivity index (χ4v) is 6.17. The molecule has 1 aliphatic carbocycles. The minimum Gasteiger partial charge on any atom is -0.493 e. The predicted octanol–water partition coefficient (Wildman–Crippen LogP) is 6.15. The molecular weight excluding hydrogens is 448 g/mol. The topological polar surface area (TPSA) is 44.1 Å². The highest BCUT2D eigenvalue weighted by Crippen LogP contribution is 2.35. The van der Waals surface area contributed by atoms with Crippen LogP contribution in [0.4, 0.5) is 0 Å². The highest BCUT2D eigenvalue weighted by atomic mass is 35.5. The summed E-state index contributed by atoms with van der Waals surface area (Å²) in [6, 6.07) is 17.1. The molecule has 2 aromatic heterocycles. The highest BCUT2D eigenvalue weighted by molar-refractivity contribution is 7.99. The molecule has 1 aliphatic rings. The Morgan fingerprint density at radius 3 is 2.65 bits per heavy atom. The third kappa shape index (κ3) is 4.25. The first kappa shape index (κ1) is 20.6. The van der Waals surface area contributed by atoms with Crippen LogP contribution < -0.4 is 10.3 Å². The van der Waals surface area contributed by atoms with Crippen LogP contribution in [0.1, 0.15) is 23.3 Å². The standard InChI is InChI=1S/C24H21ClN2O2S2/c25-16-10-12-17(13-11-16)27-23(28)21-19-8-4-5-9-20(19)31-22(21)26-24(27)30-15-14-29-18-6-2-1-3-7-18/h1-3,6-7,10-13H,4-5,8-9,14-15H2. The van der Waals surface area contributed by atoms with Crippen molar-refractivity contribution < 1.29 is 4.74 Å². The van der Waals surface area contributed by atoms with Gasteiger partial charge in [-0.05, 0) is 67.6 Å². The van der Waals surface area contributed by atoms with Gasteiger partial charge in [0, 0.05) is 15.7 Å². The summed E-state index contributed by atoms with van der Waals surface area (Å²) in [7, 11) is 0. The van der Waals surface area contributed by atoms with Gasteiger partial charge in [0.1, 0.15) is 10.6 Å². The van der Waals surface area contributed by atoms with Crippen molar-refractivity contribution >= 4 is 44.9 Å². The molecule has 7 heteroatoms. The van der Waals surface area contributed by atoms with E-state index in [9.17, 15) is 4.79 Å². The van der Waals surface area contributed by atoms with Crippen LogP contribution in [0, 0.1) is 0 Å². The summed E-state index contributed by atoms with van der Waals surface area (Å²) in [5.41, 5.74) is 2.00. The number of benzene rings is 2. The van der Waals surface area contributed by atoms with Crippen LogP contribution in [0.25, 0.3) is 15.9 Å². The van der Waals surface area contributed by atoms with E-state index in [1.165, 1.54) is 16.9 Å². The van der Waals surface area contributed by atoms with Crippen LogP contribution in [0.5, 0.6) is 5.75 Å². The van der Waals surface area contributed by atoms with E-state index < -0.39 is 0 Å². The van der Waals surface area contributed by atoms with Gasteiger partial charge in [0.25, 0.3) is 5.56 Å². The number of para-hydroxylation sites is 1. The molecule has 0 atom stereocenters. The second kappa shape index (κ2) is 9.07. The zero-order valence-corrected chi connectivity index (χ0v) is 19.2. The normalized spacial score (nSPS) is 13.3. The van der Waals surface area contributed by atoms with Gasteiger partial charge in [0.15, 0.2) is 5.16 Å². The van der Waals surface area contributed by atoms with Crippen LogP contribution in [0.15, 0.2) is 64.5 Å². The molecule has 2 heterocycles. The molecule has 0 unspecified atom stereocenters. The highest BCUT2D eigenvalue weighted by Gasteiger charge is 2.22. The molecule has 0 saturated heterocycles. The monoisotopic (exact) mass is 468 g/mol. The van der Waals surface area contributed by atoms with Crippen molar-refractivity contribution in [2.24, 2.45) is 0 Å². The summed E-state index contributed by atoms with van der Waals surface area (Å²) < 4.78 is 7.55. The van der Waals surface area contributed by atoms with Crippen LogP contribution in [0.3, 0.4) is 0 Å². The Morgan fingerprint density at radius 1 is 1.06 bits per heavy atom. The Morgan fingerprint density at radius 2 is 1.84 bits per heavy atom. The lowest BCUT2D eigenvalue weighted by Crippen LogP contribution is -2.22. The van der Waals surface area contributed by atoms with Gasteiger partial charge in [-0.25, -0.2) is 4.98 Å². The Hall–Kier alpha value is -2.28. The number of rotatable bonds is 6. The zero-order valence-electron chi connectivity index (χ0n) is 16.8. The first-order chi connectivity index (χ1) is 15.2. The second-order valence-corrected chi connectivity index (χ2v) is 9.99. The molecule has 4 nitrogen and oxygen atoms in total. The minimum absolute atomic E-state index is 0.0122. The predicted molar refractivity (Wildman–Crippen MR) is 130 cm³/mol. The van der Waals surface area contributed by atoms with Gasteiger partial charge in [-0.2, -0.15) is 0 Å². The number of hydrogen-bond acceptors (Lipinski definition) is 5. The number of thioether (sulfide) groups is 1. The lowest BCUT2D eigenvalue weighted by atomic mass is 9.97. The number of halogens is 1. The van der Waals surface area contributed by atoms with Gasteiger partial charge in [-0.15, -0.1) is 11.3 Å². The van der Waals surface area contributed by atoms with Crippen molar-refractivity contribution in [2.45, 2.75) is 30.8 Å². The van der Waals surface area contributed by atoms with Crippen molar-refractivity contribution in [2.75, 3.05) is 12.4 Å². The van der Waals surface area contributed by atoms with Gasteiger partial charge >= 0.3 is 0 Å². The van der Waals surface area contributed by atoms with Crippen molar-refractivity contribution in [3.8, 4) is 11.4 Å². The van der Waals surface area contributed by atoms with E-state index in [0.29, 0.717) is 22.5 Å².